The van der Waals surface area contributed by atoms with Crippen molar-refractivity contribution in [3.63, 3.8) is 0 Å². The van der Waals surface area contributed by atoms with Gasteiger partial charge in [-0.3, -0.25) is 14.9 Å². The molecule has 0 aliphatic carbocycles. The Balaban J connectivity index is 1.44. The van der Waals surface area contributed by atoms with E-state index in [2.05, 4.69) is 20.9 Å². The van der Waals surface area contributed by atoms with Gasteiger partial charge in [-0.15, -0.1) is 0 Å². The number of amides is 2. The van der Waals surface area contributed by atoms with Gasteiger partial charge >= 0.3 is 0 Å². The fraction of sp³-hybridized carbons (Fsp3) is 0.556. The van der Waals surface area contributed by atoms with Crippen molar-refractivity contribution in [3.05, 3.63) is 24.0 Å². The number of rotatable bonds is 3. The summed E-state index contributed by atoms with van der Waals surface area (Å²) < 4.78 is 14.6. The number of carbonyl (C=O) groups excluding carboxylic acids is 2. The van der Waals surface area contributed by atoms with Gasteiger partial charge in [0.1, 0.15) is 11.9 Å². The van der Waals surface area contributed by atoms with E-state index in [1.807, 2.05) is 0 Å². The number of carbonyl (C=O) groups is 2. The monoisotopic (exact) mass is 346 g/mol. The molecule has 0 saturated carbocycles. The summed E-state index contributed by atoms with van der Waals surface area (Å²) in [7, 11) is 0. The molecule has 25 heavy (non-hydrogen) atoms. The van der Waals surface area contributed by atoms with Gasteiger partial charge in [0, 0.05) is 37.2 Å². The van der Waals surface area contributed by atoms with Crippen molar-refractivity contribution in [2.75, 3.05) is 36.4 Å². The SMILES string of the molecule is O=C1CCC(Nc2ccc(N3CCC4(CCNC4)C3)c(F)c2)C(=O)N1. The molecule has 0 aromatic heterocycles. The highest BCUT2D eigenvalue weighted by Gasteiger charge is 2.40. The summed E-state index contributed by atoms with van der Waals surface area (Å²) in [6.45, 7) is 3.82. The molecule has 2 unspecified atom stereocenters. The molecule has 7 heteroatoms. The second-order valence-electron chi connectivity index (χ2n) is 7.41. The van der Waals surface area contributed by atoms with Gasteiger partial charge in [-0.1, -0.05) is 0 Å². The van der Waals surface area contributed by atoms with E-state index in [1.54, 1.807) is 12.1 Å². The summed E-state index contributed by atoms with van der Waals surface area (Å²) in [6.07, 6.45) is 2.97. The molecule has 2 atom stereocenters. The molecule has 4 rings (SSSR count). The molecule has 6 nitrogen and oxygen atoms in total. The molecule has 3 saturated heterocycles. The van der Waals surface area contributed by atoms with Crippen LogP contribution in [0, 0.1) is 11.2 Å². The first-order valence-corrected chi connectivity index (χ1v) is 8.90. The Morgan fingerprint density at radius 3 is 2.88 bits per heavy atom. The molecule has 2 amide bonds. The smallest absolute Gasteiger partial charge is 0.249 e. The van der Waals surface area contributed by atoms with Gasteiger partial charge in [0.15, 0.2) is 0 Å². The summed E-state index contributed by atoms with van der Waals surface area (Å²) >= 11 is 0. The minimum Gasteiger partial charge on any atom is -0.374 e. The largest absolute Gasteiger partial charge is 0.374 e. The number of hydrogen-bond acceptors (Lipinski definition) is 5. The molecule has 0 radical (unpaired) electrons. The lowest BCUT2D eigenvalue weighted by molar-refractivity contribution is -0.133. The summed E-state index contributed by atoms with van der Waals surface area (Å²) in [6, 6.07) is 4.53. The minimum absolute atomic E-state index is 0.256. The third kappa shape index (κ3) is 3.20. The van der Waals surface area contributed by atoms with Crippen LogP contribution in [0.1, 0.15) is 25.7 Å². The fourth-order valence-electron chi connectivity index (χ4n) is 4.17. The maximum atomic E-state index is 14.6. The summed E-state index contributed by atoms with van der Waals surface area (Å²) in [5, 5.41) is 8.74. The topological polar surface area (TPSA) is 73.5 Å². The normalized spacial score (nSPS) is 29.3. The zero-order valence-electron chi connectivity index (χ0n) is 14.1. The standard InChI is InChI=1S/C18H23FN4O2/c19-13-9-12(21-14-2-4-16(24)22-17(14)25)1-3-15(13)23-8-6-18(11-23)5-7-20-10-18/h1,3,9,14,20-21H,2,4-8,10-11H2,(H,22,24,25). The van der Waals surface area contributed by atoms with Crippen LogP contribution in [-0.4, -0.2) is 44.0 Å². The molecule has 1 aromatic carbocycles. The zero-order chi connectivity index (χ0) is 17.4. The fourth-order valence-corrected chi connectivity index (χ4v) is 4.17. The number of piperidine rings is 1. The van der Waals surface area contributed by atoms with Crippen LogP contribution < -0.4 is 20.9 Å². The van der Waals surface area contributed by atoms with E-state index in [9.17, 15) is 14.0 Å². The van der Waals surface area contributed by atoms with Crippen LogP contribution in [0.2, 0.25) is 0 Å². The maximum absolute atomic E-state index is 14.6. The quantitative estimate of drug-likeness (QED) is 0.718. The Labute approximate surface area is 146 Å². The number of imide groups is 1. The first kappa shape index (κ1) is 16.3. The molecule has 3 fully saturated rings. The third-order valence-electron chi connectivity index (χ3n) is 5.64. The summed E-state index contributed by atoms with van der Waals surface area (Å²) in [4.78, 5) is 25.1. The molecule has 1 aromatic rings. The predicted octanol–water partition coefficient (Wildman–Crippen LogP) is 1.23. The molecule has 3 aliphatic rings. The lowest BCUT2D eigenvalue weighted by atomic mass is 9.86. The van der Waals surface area contributed by atoms with Gasteiger partial charge < -0.3 is 15.5 Å². The van der Waals surface area contributed by atoms with E-state index >= 15 is 0 Å². The molecule has 134 valence electrons. The Hall–Kier alpha value is -2.15. The van der Waals surface area contributed by atoms with Crippen molar-refractivity contribution >= 4 is 23.2 Å². The van der Waals surface area contributed by atoms with Gasteiger partial charge in [0.05, 0.1) is 5.69 Å². The highest BCUT2D eigenvalue weighted by atomic mass is 19.1. The Morgan fingerprint density at radius 2 is 2.16 bits per heavy atom. The average Bonchev–Trinajstić information content (AvgIpc) is 3.21. The van der Waals surface area contributed by atoms with Crippen LogP contribution in [0.15, 0.2) is 18.2 Å². The van der Waals surface area contributed by atoms with Crippen molar-refractivity contribution in [2.45, 2.75) is 31.7 Å². The van der Waals surface area contributed by atoms with Crippen LogP contribution in [0.3, 0.4) is 0 Å². The molecular formula is C18H23FN4O2. The number of nitrogens with one attached hydrogen (secondary N) is 3. The van der Waals surface area contributed by atoms with E-state index in [0.29, 0.717) is 24.2 Å². The minimum atomic E-state index is -0.498. The van der Waals surface area contributed by atoms with Crippen LogP contribution in [0.5, 0.6) is 0 Å². The lowest BCUT2D eigenvalue weighted by Crippen LogP contribution is -2.47. The van der Waals surface area contributed by atoms with Crippen molar-refractivity contribution in [1.29, 1.82) is 0 Å². The maximum Gasteiger partial charge on any atom is 0.249 e. The van der Waals surface area contributed by atoms with Gasteiger partial charge in [-0.25, -0.2) is 4.39 Å². The van der Waals surface area contributed by atoms with Crippen molar-refractivity contribution in [3.8, 4) is 0 Å². The second-order valence-corrected chi connectivity index (χ2v) is 7.41. The number of anilines is 2. The van der Waals surface area contributed by atoms with Crippen LogP contribution in [0.4, 0.5) is 15.8 Å². The average molecular weight is 346 g/mol. The van der Waals surface area contributed by atoms with Gasteiger partial charge in [-0.05, 0) is 44.0 Å². The number of hydrogen-bond donors (Lipinski definition) is 3. The summed E-state index contributed by atoms with van der Waals surface area (Å²) in [5.74, 6) is -0.884. The van der Waals surface area contributed by atoms with E-state index in [1.165, 1.54) is 6.07 Å². The van der Waals surface area contributed by atoms with Crippen molar-refractivity contribution in [1.82, 2.24) is 10.6 Å². The van der Waals surface area contributed by atoms with Crippen LogP contribution in [0.25, 0.3) is 0 Å². The van der Waals surface area contributed by atoms with Crippen molar-refractivity contribution < 1.29 is 14.0 Å². The molecular weight excluding hydrogens is 323 g/mol. The van der Waals surface area contributed by atoms with Gasteiger partial charge in [0.2, 0.25) is 11.8 Å². The number of benzene rings is 1. The molecule has 3 aliphatic heterocycles. The third-order valence-corrected chi connectivity index (χ3v) is 5.64. The Kier molecular flexibility index (Phi) is 4.11. The van der Waals surface area contributed by atoms with E-state index in [0.717, 1.165) is 39.0 Å². The molecule has 3 N–H and O–H groups in total. The Bertz CT molecular complexity index is 702. The van der Waals surface area contributed by atoms with E-state index < -0.39 is 6.04 Å². The van der Waals surface area contributed by atoms with E-state index in [-0.39, 0.29) is 23.0 Å². The molecule has 1 spiro atoms. The van der Waals surface area contributed by atoms with Gasteiger partial charge in [-0.2, -0.15) is 0 Å². The van der Waals surface area contributed by atoms with Crippen LogP contribution in [-0.2, 0) is 9.59 Å². The second kappa shape index (κ2) is 6.29. The number of halogens is 1. The first-order valence-electron chi connectivity index (χ1n) is 8.90. The summed E-state index contributed by atoms with van der Waals surface area (Å²) in [5.41, 5.74) is 1.47. The first-order chi connectivity index (χ1) is 12.0. The predicted molar refractivity (Wildman–Crippen MR) is 92.9 cm³/mol. The highest BCUT2D eigenvalue weighted by Crippen LogP contribution is 2.39. The lowest BCUT2D eigenvalue weighted by Gasteiger charge is -2.25. The zero-order valence-corrected chi connectivity index (χ0v) is 14.1. The molecule has 0 bridgehead atoms. The Morgan fingerprint density at radius 1 is 1.28 bits per heavy atom. The van der Waals surface area contributed by atoms with Crippen molar-refractivity contribution in [2.24, 2.45) is 5.41 Å². The van der Waals surface area contributed by atoms with Crippen LogP contribution >= 0.6 is 0 Å². The highest BCUT2D eigenvalue weighted by molar-refractivity contribution is 6.01. The number of nitrogens with zero attached hydrogens (tertiary/aromatic N) is 1. The molecule has 3 heterocycles. The van der Waals surface area contributed by atoms with Gasteiger partial charge in [0.25, 0.3) is 0 Å². The van der Waals surface area contributed by atoms with E-state index in [4.69, 9.17) is 0 Å².